The van der Waals surface area contributed by atoms with E-state index in [9.17, 15) is 14.7 Å². The minimum absolute atomic E-state index is 0.146. The lowest BCUT2D eigenvalue weighted by atomic mass is 9.82. The second-order valence-electron chi connectivity index (χ2n) is 7.64. The number of nitrogens with one attached hydrogen (secondary N) is 2. The predicted octanol–water partition coefficient (Wildman–Crippen LogP) is 3.34. The summed E-state index contributed by atoms with van der Waals surface area (Å²) in [6, 6.07) is 6.33. The highest BCUT2D eigenvalue weighted by atomic mass is 16.3. The highest BCUT2D eigenvalue weighted by Crippen LogP contribution is 2.43. The van der Waals surface area contributed by atoms with Gasteiger partial charge >= 0.3 is 0 Å². The standard InChI is InChI=1S/C21H21N5O3/c27-19(12-4-2-1-3-5-12)17-18(15-8-9-24-25-15)26(21(29)20(17)28)13-6-7-14-16(10-13)23-11-22-14/h6-12,18,28H,1-5H2,(H,22,23)(H,24,25). The van der Waals surface area contributed by atoms with Gasteiger partial charge in [-0.2, -0.15) is 5.10 Å². The molecule has 3 N–H and O–H groups in total. The van der Waals surface area contributed by atoms with Gasteiger partial charge in [0, 0.05) is 17.8 Å². The first-order valence-electron chi connectivity index (χ1n) is 9.89. The van der Waals surface area contributed by atoms with Gasteiger partial charge in [-0.15, -0.1) is 0 Å². The number of nitrogens with zero attached hydrogens (tertiary/aromatic N) is 3. The van der Waals surface area contributed by atoms with E-state index in [4.69, 9.17) is 0 Å². The molecule has 0 saturated heterocycles. The van der Waals surface area contributed by atoms with Crippen LogP contribution in [0.5, 0.6) is 0 Å². The number of aliphatic hydroxyl groups excluding tert-OH is 1. The van der Waals surface area contributed by atoms with Crippen LogP contribution in [0.3, 0.4) is 0 Å². The summed E-state index contributed by atoms with van der Waals surface area (Å²) in [6.07, 6.45) is 7.90. The molecule has 1 unspecified atom stereocenters. The number of benzene rings is 1. The normalized spacial score (nSPS) is 20.8. The molecule has 3 heterocycles. The number of imidazole rings is 1. The summed E-state index contributed by atoms with van der Waals surface area (Å²) in [5.41, 5.74) is 2.76. The largest absolute Gasteiger partial charge is 0.503 e. The molecule has 1 atom stereocenters. The molecule has 1 aliphatic carbocycles. The van der Waals surface area contributed by atoms with Crippen molar-refractivity contribution < 1.29 is 14.7 Å². The highest BCUT2D eigenvalue weighted by Gasteiger charge is 2.46. The number of carbonyl (C=O) groups excluding carboxylic acids is 2. The second-order valence-corrected chi connectivity index (χ2v) is 7.64. The van der Waals surface area contributed by atoms with E-state index < -0.39 is 17.7 Å². The van der Waals surface area contributed by atoms with Crippen molar-refractivity contribution in [2.24, 2.45) is 5.92 Å². The number of rotatable bonds is 4. The Kier molecular flexibility index (Phi) is 4.19. The van der Waals surface area contributed by atoms with Gasteiger partial charge in [-0.05, 0) is 37.1 Å². The molecule has 148 valence electrons. The van der Waals surface area contributed by atoms with Gasteiger partial charge in [0.2, 0.25) is 0 Å². The smallest absolute Gasteiger partial charge is 0.294 e. The Hall–Kier alpha value is -3.42. The van der Waals surface area contributed by atoms with Gasteiger partial charge in [0.15, 0.2) is 11.5 Å². The second kappa shape index (κ2) is 6.88. The van der Waals surface area contributed by atoms with Crippen molar-refractivity contribution in [3.05, 3.63) is 53.8 Å². The fourth-order valence-corrected chi connectivity index (χ4v) is 4.48. The average Bonchev–Trinajstić information content (AvgIpc) is 3.48. The van der Waals surface area contributed by atoms with Crippen LogP contribution in [0.4, 0.5) is 5.69 Å². The summed E-state index contributed by atoms with van der Waals surface area (Å²) in [5.74, 6) is -1.38. The number of aliphatic hydroxyl groups is 1. The van der Waals surface area contributed by atoms with Gasteiger partial charge in [0.05, 0.1) is 28.6 Å². The van der Waals surface area contributed by atoms with Crippen molar-refractivity contribution in [1.29, 1.82) is 0 Å². The molecule has 0 spiro atoms. The molecule has 8 nitrogen and oxygen atoms in total. The van der Waals surface area contributed by atoms with Crippen molar-refractivity contribution >= 4 is 28.4 Å². The van der Waals surface area contributed by atoms with E-state index in [1.807, 2.05) is 6.07 Å². The molecule has 8 heteroatoms. The van der Waals surface area contributed by atoms with E-state index >= 15 is 0 Å². The number of aromatic nitrogens is 4. The number of Topliss-reactive ketones (excluding diaryl/α,β-unsaturated/α-hetero) is 1. The summed E-state index contributed by atoms with van der Waals surface area (Å²) >= 11 is 0. The number of carbonyl (C=O) groups is 2. The third kappa shape index (κ3) is 2.83. The highest BCUT2D eigenvalue weighted by molar-refractivity contribution is 6.17. The number of fused-ring (bicyclic) bond motifs is 1. The number of aromatic amines is 2. The number of ketones is 1. The van der Waals surface area contributed by atoms with Crippen LogP contribution in [-0.4, -0.2) is 37.0 Å². The Morgan fingerprint density at radius 2 is 2.00 bits per heavy atom. The molecule has 5 rings (SSSR count). The molecule has 2 aliphatic rings. The summed E-state index contributed by atoms with van der Waals surface area (Å²) in [6.45, 7) is 0. The summed E-state index contributed by atoms with van der Waals surface area (Å²) in [7, 11) is 0. The van der Waals surface area contributed by atoms with E-state index in [2.05, 4.69) is 20.2 Å². The molecular weight excluding hydrogens is 370 g/mol. The lowest BCUT2D eigenvalue weighted by molar-refractivity contribution is -0.121. The van der Waals surface area contributed by atoms with E-state index in [0.717, 1.165) is 37.6 Å². The summed E-state index contributed by atoms with van der Waals surface area (Å²) in [5, 5.41) is 17.7. The van der Waals surface area contributed by atoms with Gasteiger partial charge in [0.25, 0.3) is 5.91 Å². The number of hydrogen-bond donors (Lipinski definition) is 3. The Morgan fingerprint density at radius 3 is 2.76 bits per heavy atom. The minimum Gasteiger partial charge on any atom is -0.503 e. The molecule has 1 aromatic carbocycles. The molecule has 29 heavy (non-hydrogen) atoms. The van der Waals surface area contributed by atoms with Gasteiger partial charge in [0.1, 0.15) is 6.04 Å². The van der Waals surface area contributed by atoms with E-state index in [-0.39, 0.29) is 17.3 Å². The van der Waals surface area contributed by atoms with Crippen LogP contribution in [0.1, 0.15) is 43.8 Å². The lowest BCUT2D eigenvalue weighted by Gasteiger charge is -2.27. The maximum atomic E-state index is 13.4. The van der Waals surface area contributed by atoms with Crippen LogP contribution >= 0.6 is 0 Å². The molecule has 0 bridgehead atoms. The Balaban J connectivity index is 1.60. The van der Waals surface area contributed by atoms with Crippen molar-refractivity contribution in [2.45, 2.75) is 38.1 Å². The molecular formula is C21H21N5O3. The van der Waals surface area contributed by atoms with E-state index in [0.29, 0.717) is 16.9 Å². The van der Waals surface area contributed by atoms with E-state index in [1.165, 1.54) is 4.90 Å². The predicted molar refractivity (Wildman–Crippen MR) is 106 cm³/mol. The third-order valence-corrected chi connectivity index (χ3v) is 5.94. The van der Waals surface area contributed by atoms with Gasteiger partial charge in [-0.25, -0.2) is 4.98 Å². The van der Waals surface area contributed by atoms with E-state index in [1.54, 1.807) is 30.7 Å². The van der Waals surface area contributed by atoms with Crippen LogP contribution in [0, 0.1) is 5.92 Å². The minimum atomic E-state index is -0.764. The van der Waals surface area contributed by atoms with Gasteiger partial charge < -0.3 is 10.1 Å². The molecule has 0 radical (unpaired) electrons. The Labute approximate surface area is 166 Å². The fraction of sp³-hybridized carbons (Fsp3) is 0.333. The lowest BCUT2D eigenvalue weighted by Crippen LogP contribution is -2.32. The van der Waals surface area contributed by atoms with Crippen molar-refractivity contribution in [1.82, 2.24) is 20.2 Å². The fourth-order valence-electron chi connectivity index (χ4n) is 4.48. The first-order chi connectivity index (χ1) is 14.1. The Morgan fingerprint density at radius 1 is 1.17 bits per heavy atom. The summed E-state index contributed by atoms with van der Waals surface area (Å²) < 4.78 is 0. The zero-order valence-electron chi connectivity index (χ0n) is 15.8. The molecule has 1 amide bonds. The number of amides is 1. The summed E-state index contributed by atoms with van der Waals surface area (Å²) in [4.78, 5) is 35.2. The zero-order valence-corrected chi connectivity index (χ0v) is 15.8. The van der Waals surface area contributed by atoms with Crippen LogP contribution in [0.25, 0.3) is 11.0 Å². The van der Waals surface area contributed by atoms with Crippen molar-refractivity contribution in [3.8, 4) is 0 Å². The maximum Gasteiger partial charge on any atom is 0.294 e. The first-order valence-corrected chi connectivity index (χ1v) is 9.89. The van der Waals surface area contributed by atoms with Crippen LogP contribution < -0.4 is 4.90 Å². The molecule has 1 saturated carbocycles. The van der Waals surface area contributed by atoms with Crippen molar-refractivity contribution in [2.75, 3.05) is 4.90 Å². The Bertz CT molecular complexity index is 1110. The first kappa shape index (κ1) is 17.7. The topological polar surface area (TPSA) is 115 Å². The number of H-pyrrole nitrogens is 2. The van der Waals surface area contributed by atoms with Crippen molar-refractivity contribution in [3.63, 3.8) is 0 Å². The van der Waals surface area contributed by atoms with Gasteiger partial charge in [-0.3, -0.25) is 19.6 Å². The quantitative estimate of drug-likeness (QED) is 0.631. The SMILES string of the molecule is O=C(C1=C(O)C(=O)N(c2ccc3[nH]cnc3c2)C1c1cc[nH]n1)C1CCCCC1. The maximum absolute atomic E-state index is 13.4. The average molecular weight is 391 g/mol. The van der Waals surface area contributed by atoms with Crippen LogP contribution in [-0.2, 0) is 9.59 Å². The molecule has 3 aromatic rings. The molecule has 1 aliphatic heterocycles. The number of hydrogen-bond acceptors (Lipinski definition) is 5. The molecule has 2 aromatic heterocycles. The monoisotopic (exact) mass is 391 g/mol. The third-order valence-electron chi connectivity index (χ3n) is 5.94. The van der Waals surface area contributed by atoms with Crippen LogP contribution in [0.2, 0.25) is 0 Å². The zero-order chi connectivity index (χ0) is 20.0. The van der Waals surface area contributed by atoms with Crippen LogP contribution in [0.15, 0.2) is 48.1 Å². The molecule has 1 fully saturated rings. The number of anilines is 1. The van der Waals surface area contributed by atoms with Gasteiger partial charge in [-0.1, -0.05) is 19.3 Å².